The summed E-state index contributed by atoms with van der Waals surface area (Å²) in [7, 11) is 0. The molecular weight excluding hydrogens is 306 g/mol. The average molecular weight is 327 g/mol. The van der Waals surface area contributed by atoms with E-state index in [4.69, 9.17) is 13.9 Å². The van der Waals surface area contributed by atoms with E-state index in [2.05, 4.69) is 19.2 Å². The van der Waals surface area contributed by atoms with Crippen molar-refractivity contribution in [2.24, 2.45) is 5.92 Å². The summed E-state index contributed by atoms with van der Waals surface area (Å²) >= 11 is 0. The molecule has 2 aromatic rings. The third-order valence-corrected chi connectivity index (χ3v) is 3.83. The average Bonchev–Trinajstić information content (AvgIpc) is 3.10. The normalized spacial score (nSPS) is 14.8. The highest BCUT2D eigenvalue weighted by Crippen LogP contribution is 2.34. The van der Waals surface area contributed by atoms with Crippen LogP contribution in [0.4, 0.5) is 0 Å². The molecule has 1 aromatic carbocycles. The third kappa shape index (κ3) is 3.79. The molecule has 0 unspecified atom stereocenters. The van der Waals surface area contributed by atoms with Crippen LogP contribution in [0.1, 0.15) is 31.2 Å². The highest BCUT2D eigenvalue weighted by atomic mass is 16.6. The maximum absolute atomic E-state index is 12.2. The van der Waals surface area contributed by atoms with Gasteiger partial charge in [-0.3, -0.25) is 4.79 Å². The van der Waals surface area contributed by atoms with Gasteiger partial charge in [-0.1, -0.05) is 19.9 Å². The van der Waals surface area contributed by atoms with E-state index in [1.807, 2.05) is 18.2 Å². The van der Waals surface area contributed by atoms with Crippen molar-refractivity contribution in [1.82, 2.24) is 5.32 Å². The monoisotopic (exact) mass is 327 g/mol. The van der Waals surface area contributed by atoms with Crippen molar-refractivity contribution in [3.05, 3.63) is 54.0 Å². The first-order valence-corrected chi connectivity index (χ1v) is 8.05. The van der Waals surface area contributed by atoms with Gasteiger partial charge in [0.1, 0.15) is 19.0 Å². The molecule has 1 amide bonds. The lowest BCUT2D eigenvalue weighted by Gasteiger charge is -2.25. The van der Waals surface area contributed by atoms with Gasteiger partial charge in [0.25, 0.3) is 0 Å². The Morgan fingerprint density at radius 1 is 1.17 bits per heavy atom. The Morgan fingerprint density at radius 2 is 1.96 bits per heavy atom. The predicted molar refractivity (Wildman–Crippen MR) is 90.9 cm³/mol. The lowest BCUT2D eigenvalue weighted by molar-refractivity contribution is -0.117. The second-order valence-corrected chi connectivity index (χ2v) is 5.98. The van der Waals surface area contributed by atoms with Crippen LogP contribution in [0.15, 0.2) is 47.1 Å². The molecule has 126 valence electrons. The number of furan rings is 1. The van der Waals surface area contributed by atoms with E-state index in [9.17, 15) is 4.79 Å². The van der Waals surface area contributed by atoms with E-state index >= 15 is 0 Å². The Balaban J connectivity index is 1.73. The number of amides is 1. The molecule has 0 aliphatic carbocycles. The summed E-state index contributed by atoms with van der Waals surface area (Å²) < 4.78 is 16.4. The van der Waals surface area contributed by atoms with Crippen LogP contribution in [0, 0.1) is 5.92 Å². The zero-order chi connectivity index (χ0) is 16.9. The number of benzene rings is 1. The summed E-state index contributed by atoms with van der Waals surface area (Å²) in [5.74, 6) is 2.18. The lowest BCUT2D eigenvalue weighted by atomic mass is 9.95. The summed E-state index contributed by atoms with van der Waals surface area (Å²) in [5, 5.41) is 3.04. The maximum Gasteiger partial charge on any atom is 0.244 e. The third-order valence-electron chi connectivity index (χ3n) is 3.83. The molecule has 1 N–H and O–H groups in total. The largest absolute Gasteiger partial charge is 0.486 e. The Morgan fingerprint density at radius 3 is 2.67 bits per heavy atom. The van der Waals surface area contributed by atoms with E-state index in [0.717, 1.165) is 17.1 Å². The molecule has 0 spiro atoms. The van der Waals surface area contributed by atoms with Crippen LogP contribution < -0.4 is 14.8 Å². The minimum Gasteiger partial charge on any atom is -0.486 e. The van der Waals surface area contributed by atoms with Crippen molar-refractivity contribution in [1.29, 1.82) is 0 Å². The topological polar surface area (TPSA) is 60.7 Å². The molecule has 1 aliphatic heterocycles. The zero-order valence-corrected chi connectivity index (χ0v) is 13.8. The molecule has 1 aliphatic rings. The van der Waals surface area contributed by atoms with Crippen LogP contribution in [-0.2, 0) is 4.79 Å². The lowest BCUT2D eigenvalue weighted by Crippen LogP contribution is -2.30. The fraction of sp³-hybridized carbons (Fsp3) is 0.316. The van der Waals surface area contributed by atoms with Crippen LogP contribution in [0.5, 0.6) is 11.5 Å². The van der Waals surface area contributed by atoms with Crippen molar-refractivity contribution in [3.8, 4) is 11.5 Å². The number of carbonyl (C=O) groups excluding carboxylic acids is 1. The summed E-state index contributed by atoms with van der Waals surface area (Å²) in [5.41, 5.74) is 0.994. The minimum atomic E-state index is -0.167. The van der Waals surface area contributed by atoms with Crippen LogP contribution in [-0.4, -0.2) is 19.1 Å². The Labute approximate surface area is 141 Å². The Bertz CT molecular complexity index is 719. The highest BCUT2D eigenvalue weighted by Gasteiger charge is 2.20. The number of hydrogen-bond donors (Lipinski definition) is 1. The summed E-state index contributed by atoms with van der Waals surface area (Å²) in [6.07, 6.45) is 4.70. The molecule has 24 heavy (non-hydrogen) atoms. The molecule has 0 bridgehead atoms. The van der Waals surface area contributed by atoms with Crippen molar-refractivity contribution in [2.75, 3.05) is 13.2 Å². The summed E-state index contributed by atoms with van der Waals surface area (Å²) in [4.78, 5) is 12.2. The molecule has 0 radical (unpaired) electrons. The number of fused-ring (bicyclic) bond motifs is 1. The fourth-order valence-electron chi connectivity index (χ4n) is 2.63. The van der Waals surface area contributed by atoms with Crippen molar-refractivity contribution < 1.29 is 18.7 Å². The second-order valence-electron chi connectivity index (χ2n) is 5.98. The Kier molecular flexibility index (Phi) is 4.89. The smallest absolute Gasteiger partial charge is 0.244 e. The van der Waals surface area contributed by atoms with E-state index in [-0.39, 0.29) is 17.9 Å². The molecule has 5 heteroatoms. The second kappa shape index (κ2) is 7.25. The van der Waals surface area contributed by atoms with Gasteiger partial charge in [0.15, 0.2) is 11.5 Å². The van der Waals surface area contributed by atoms with E-state index in [1.165, 1.54) is 6.08 Å². The van der Waals surface area contributed by atoms with Gasteiger partial charge in [0.05, 0.1) is 12.3 Å². The quantitative estimate of drug-likeness (QED) is 0.853. The summed E-state index contributed by atoms with van der Waals surface area (Å²) in [6.45, 7) is 5.24. The molecule has 3 rings (SSSR count). The first-order valence-electron chi connectivity index (χ1n) is 8.05. The van der Waals surface area contributed by atoms with Gasteiger partial charge in [-0.25, -0.2) is 0 Å². The number of rotatable bonds is 5. The molecule has 1 aromatic heterocycles. The van der Waals surface area contributed by atoms with Crippen LogP contribution >= 0.6 is 0 Å². The SMILES string of the molecule is CC(C)[C@H](NC(=O)/C=C/c1ccco1)c1ccc2c(c1)OCCO2. The summed E-state index contributed by atoms with van der Waals surface area (Å²) in [6, 6.07) is 9.26. The van der Waals surface area contributed by atoms with Crippen LogP contribution in [0.3, 0.4) is 0 Å². The molecule has 1 atom stereocenters. The number of ether oxygens (including phenoxy) is 2. The van der Waals surface area contributed by atoms with Crippen LogP contribution in [0.2, 0.25) is 0 Å². The molecule has 0 saturated carbocycles. The number of hydrogen-bond acceptors (Lipinski definition) is 4. The van der Waals surface area contributed by atoms with Gasteiger partial charge in [-0.15, -0.1) is 0 Å². The van der Waals surface area contributed by atoms with Gasteiger partial charge in [0, 0.05) is 6.08 Å². The molecular formula is C19H21NO4. The predicted octanol–water partition coefficient (Wildman–Crippen LogP) is 3.58. The zero-order valence-electron chi connectivity index (χ0n) is 13.8. The van der Waals surface area contributed by atoms with Gasteiger partial charge in [-0.05, 0) is 41.8 Å². The van der Waals surface area contributed by atoms with Crippen LogP contribution in [0.25, 0.3) is 6.08 Å². The molecule has 2 heterocycles. The maximum atomic E-state index is 12.2. The molecule has 0 fully saturated rings. The van der Waals surface area contributed by atoms with Crippen molar-refractivity contribution in [2.45, 2.75) is 19.9 Å². The highest BCUT2D eigenvalue weighted by molar-refractivity contribution is 5.91. The van der Waals surface area contributed by atoms with Crippen molar-refractivity contribution >= 4 is 12.0 Å². The van der Waals surface area contributed by atoms with Gasteiger partial charge < -0.3 is 19.2 Å². The van der Waals surface area contributed by atoms with E-state index in [1.54, 1.807) is 24.5 Å². The Hall–Kier alpha value is -2.69. The number of carbonyl (C=O) groups is 1. The van der Waals surface area contributed by atoms with Crippen molar-refractivity contribution in [3.63, 3.8) is 0 Å². The van der Waals surface area contributed by atoms with Gasteiger partial charge in [-0.2, -0.15) is 0 Å². The minimum absolute atomic E-state index is 0.116. The molecule has 5 nitrogen and oxygen atoms in total. The van der Waals surface area contributed by atoms with E-state index in [0.29, 0.717) is 19.0 Å². The van der Waals surface area contributed by atoms with Gasteiger partial charge >= 0.3 is 0 Å². The van der Waals surface area contributed by atoms with E-state index < -0.39 is 0 Å². The standard InChI is InChI=1S/C19H21NO4/c1-13(2)19(20-18(21)8-6-15-4-3-9-22-15)14-5-7-16-17(12-14)24-11-10-23-16/h3-9,12-13,19H,10-11H2,1-2H3,(H,20,21)/b8-6+/t19-/m0/s1. The van der Waals surface area contributed by atoms with Gasteiger partial charge in [0.2, 0.25) is 5.91 Å². The first kappa shape index (κ1) is 16.2. The molecule has 0 saturated heterocycles. The fourth-order valence-corrected chi connectivity index (χ4v) is 2.63. The number of nitrogens with one attached hydrogen (secondary N) is 1. The first-order chi connectivity index (χ1) is 11.6.